The molecule has 0 bridgehead atoms. The summed E-state index contributed by atoms with van der Waals surface area (Å²) in [6.45, 7) is 1.95. The van der Waals surface area contributed by atoms with Crippen LogP contribution in [0.1, 0.15) is 24.9 Å². The number of fused-ring (bicyclic) bond motifs is 1. The molecular formula is C11H12BrF2NO. The first-order valence-corrected chi connectivity index (χ1v) is 5.90. The van der Waals surface area contributed by atoms with Gasteiger partial charge in [-0.3, -0.25) is 0 Å². The zero-order valence-electron chi connectivity index (χ0n) is 8.98. The molecule has 0 amide bonds. The molecule has 0 spiro atoms. The van der Waals surface area contributed by atoms with Gasteiger partial charge in [0.05, 0.1) is 6.04 Å². The highest BCUT2D eigenvalue weighted by atomic mass is 79.9. The van der Waals surface area contributed by atoms with Crippen LogP contribution in [0, 0.1) is 11.6 Å². The molecule has 0 saturated carbocycles. The first-order valence-electron chi connectivity index (χ1n) is 5.11. The van der Waals surface area contributed by atoms with Crippen LogP contribution in [0.25, 0.3) is 0 Å². The molecule has 1 heterocycles. The van der Waals surface area contributed by atoms with Crippen LogP contribution in [0.5, 0.6) is 5.75 Å². The van der Waals surface area contributed by atoms with Crippen LogP contribution in [0.2, 0.25) is 0 Å². The number of hydrogen-bond donors (Lipinski definition) is 1. The molecule has 1 aliphatic heterocycles. The van der Waals surface area contributed by atoms with Crippen molar-refractivity contribution in [2.24, 2.45) is 0 Å². The minimum absolute atomic E-state index is 0.0260. The van der Waals surface area contributed by atoms with Gasteiger partial charge in [0.1, 0.15) is 6.10 Å². The topological polar surface area (TPSA) is 21.3 Å². The number of nitrogens with one attached hydrogen (secondary N) is 1. The molecule has 2 unspecified atom stereocenters. The summed E-state index contributed by atoms with van der Waals surface area (Å²) in [5.74, 6) is -1.77. The van der Waals surface area contributed by atoms with E-state index < -0.39 is 11.6 Å². The molecule has 2 nitrogen and oxygen atoms in total. The van der Waals surface area contributed by atoms with Crippen LogP contribution < -0.4 is 10.1 Å². The summed E-state index contributed by atoms with van der Waals surface area (Å²) in [5, 5.41) is 3.06. The molecule has 1 aromatic rings. The second kappa shape index (κ2) is 4.30. The molecule has 0 aliphatic carbocycles. The number of hydrogen-bond acceptors (Lipinski definition) is 2. The van der Waals surface area contributed by atoms with Gasteiger partial charge < -0.3 is 10.1 Å². The maximum atomic E-state index is 13.6. The summed E-state index contributed by atoms with van der Waals surface area (Å²) in [6.07, 6.45) is 0.570. The molecule has 88 valence electrons. The third-order valence-electron chi connectivity index (χ3n) is 2.83. The van der Waals surface area contributed by atoms with Gasteiger partial charge in [0.25, 0.3) is 0 Å². The van der Waals surface area contributed by atoms with Crippen molar-refractivity contribution in [3.05, 3.63) is 27.7 Å². The van der Waals surface area contributed by atoms with Gasteiger partial charge in [0, 0.05) is 10.0 Å². The second-order valence-electron chi connectivity index (χ2n) is 3.73. The van der Waals surface area contributed by atoms with Crippen LogP contribution >= 0.6 is 15.9 Å². The first kappa shape index (κ1) is 11.8. The molecule has 0 saturated heterocycles. The Labute approximate surface area is 101 Å². The fraction of sp³-hybridized carbons (Fsp3) is 0.455. The Morgan fingerprint density at radius 3 is 2.75 bits per heavy atom. The van der Waals surface area contributed by atoms with E-state index in [0.717, 1.165) is 12.5 Å². The van der Waals surface area contributed by atoms with E-state index in [1.54, 1.807) is 7.05 Å². The van der Waals surface area contributed by atoms with Gasteiger partial charge in [0.15, 0.2) is 11.6 Å². The van der Waals surface area contributed by atoms with Crippen LogP contribution in [0.15, 0.2) is 10.5 Å². The van der Waals surface area contributed by atoms with Gasteiger partial charge in [-0.2, -0.15) is 4.39 Å². The molecule has 16 heavy (non-hydrogen) atoms. The number of benzene rings is 1. The molecule has 1 N–H and O–H groups in total. The van der Waals surface area contributed by atoms with E-state index in [1.165, 1.54) is 0 Å². The van der Waals surface area contributed by atoms with E-state index >= 15 is 0 Å². The predicted octanol–water partition coefficient (Wildman–Crippen LogP) is 3.16. The van der Waals surface area contributed by atoms with Gasteiger partial charge in [0.2, 0.25) is 5.82 Å². The zero-order valence-corrected chi connectivity index (χ0v) is 10.6. The largest absolute Gasteiger partial charge is 0.485 e. The van der Waals surface area contributed by atoms with Crippen molar-refractivity contribution in [1.82, 2.24) is 5.32 Å². The van der Waals surface area contributed by atoms with Crippen molar-refractivity contribution in [2.75, 3.05) is 7.05 Å². The van der Waals surface area contributed by atoms with Crippen molar-refractivity contribution < 1.29 is 13.5 Å². The molecule has 2 atom stereocenters. The lowest BCUT2D eigenvalue weighted by Crippen LogP contribution is -2.27. The van der Waals surface area contributed by atoms with E-state index in [4.69, 9.17) is 4.74 Å². The lowest BCUT2D eigenvalue weighted by molar-refractivity contribution is 0.182. The highest BCUT2D eigenvalue weighted by molar-refractivity contribution is 9.10. The van der Waals surface area contributed by atoms with Crippen LogP contribution in [0.4, 0.5) is 8.78 Å². The van der Waals surface area contributed by atoms with E-state index in [-0.39, 0.29) is 17.9 Å². The molecule has 0 aromatic heterocycles. The quantitative estimate of drug-likeness (QED) is 0.845. The van der Waals surface area contributed by atoms with E-state index in [9.17, 15) is 8.78 Å². The van der Waals surface area contributed by atoms with Crippen molar-refractivity contribution in [3.8, 4) is 5.75 Å². The molecule has 0 fully saturated rings. The molecule has 0 radical (unpaired) electrons. The Bertz CT molecular complexity index is 425. The van der Waals surface area contributed by atoms with E-state index in [0.29, 0.717) is 10.0 Å². The van der Waals surface area contributed by atoms with Crippen LogP contribution in [-0.2, 0) is 0 Å². The Hall–Kier alpha value is -0.680. The number of likely N-dealkylation sites (N-methyl/N-ethyl adjacent to an activating group) is 1. The average Bonchev–Trinajstić information content (AvgIpc) is 2.64. The standard InChI is InChI=1S/C11H12BrF2NO/c1-3-7-10(15-2)8-5(12)4-6(13)9(14)11(8)16-7/h4,7,10,15H,3H2,1-2H3. The van der Waals surface area contributed by atoms with Gasteiger partial charge in [-0.1, -0.05) is 22.9 Å². The number of ether oxygens (including phenoxy) is 1. The Kier molecular flexibility index (Phi) is 3.17. The van der Waals surface area contributed by atoms with Gasteiger partial charge >= 0.3 is 0 Å². The summed E-state index contributed by atoms with van der Waals surface area (Å²) >= 11 is 3.24. The van der Waals surface area contributed by atoms with Crippen molar-refractivity contribution in [3.63, 3.8) is 0 Å². The zero-order chi connectivity index (χ0) is 11.9. The number of rotatable bonds is 2. The minimum Gasteiger partial charge on any atom is -0.485 e. The molecular weight excluding hydrogens is 280 g/mol. The third kappa shape index (κ3) is 1.62. The van der Waals surface area contributed by atoms with E-state index in [1.807, 2.05) is 6.92 Å². The predicted molar refractivity (Wildman–Crippen MR) is 60.6 cm³/mol. The molecule has 2 rings (SSSR count). The molecule has 5 heteroatoms. The maximum Gasteiger partial charge on any atom is 0.201 e. The summed E-state index contributed by atoms with van der Waals surface area (Å²) < 4.78 is 32.7. The van der Waals surface area contributed by atoms with Crippen molar-refractivity contribution >= 4 is 15.9 Å². The Morgan fingerprint density at radius 1 is 1.50 bits per heavy atom. The SMILES string of the molecule is CCC1Oc2c(F)c(F)cc(Br)c2C1NC. The maximum absolute atomic E-state index is 13.6. The van der Waals surface area contributed by atoms with Crippen molar-refractivity contribution in [1.29, 1.82) is 0 Å². The van der Waals surface area contributed by atoms with E-state index in [2.05, 4.69) is 21.2 Å². The van der Waals surface area contributed by atoms with Gasteiger partial charge in [-0.05, 0) is 19.5 Å². The van der Waals surface area contributed by atoms with Crippen LogP contribution in [-0.4, -0.2) is 13.2 Å². The smallest absolute Gasteiger partial charge is 0.201 e. The van der Waals surface area contributed by atoms with Crippen LogP contribution in [0.3, 0.4) is 0 Å². The highest BCUT2D eigenvalue weighted by Crippen LogP contribution is 2.44. The molecule has 1 aromatic carbocycles. The van der Waals surface area contributed by atoms with Gasteiger partial charge in [-0.15, -0.1) is 0 Å². The normalized spacial score (nSPS) is 23.1. The van der Waals surface area contributed by atoms with Gasteiger partial charge in [-0.25, -0.2) is 4.39 Å². The summed E-state index contributed by atoms with van der Waals surface area (Å²) in [5.41, 5.74) is 0.660. The fourth-order valence-corrected chi connectivity index (χ4v) is 2.67. The summed E-state index contributed by atoms with van der Waals surface area (Å²) in [4.78, 5) is 0. The molecule has 1 aliphatic rings. The minimum atomic E-state index is -0.908. The number of halogens is 3. The second-order valence-corrected chi connectivity index (χ2v) is 4.58. The summed E-state index contributed by atoms with van der Waals surface area (Å²) in [7, 11) is 1.78. The first-order chi connectivity index (χ1) is 7.60. The monoisotopic (exact) mass is 291 g/mol. The fourth-order valence-electron chi connectivity index (χ4n) is 2.05. The lowest BCUT2D eigenvalue weighted by Gasteiger charge is -2.16. The Balaban J connectivity index is 2.57. The highest BCUT2D eigenvalue weighted by Gasteiger charge is 2.37. The Morgan fingerprint density at radius 2 is 2.19 bits per heavy atom. The summed E-state index contributed by atoms with van der Waals surface area (Å²) in [6, 6.07) is 1.03. The lowest BCUT2D eigenvalue weighted by atomic mass is 10.0. The van der Waals surface area contributed by atoms with Crippen molar-refractivity contribution in [2.45, 2.75) is 25.5 Å². The average molecular weight is 292 g/mol. The third-order valence-corrected chi connectivity index (χ3v) is 3.49.